The third-order valence-corrected chi connectivity index (χ3v) is 4.52. The number of carbonyl (C=O) groups excluding carboxylic acids is 1. The van der Waals surface area contributed by atoms with Gasteiger partial charge in [-0.2, -0.15) is 0 Å². The maximum absolute atomic E-state index is 12.4. The fraction of sp³-hybridized carbons (Fsp3) is 0.176. The van der Waals surface area contributed by atoms with E-state index >= 15 is 0 Å². The summed E-state index contributed by atoms with van der Waals surface area (Å²) < 4.78 is 1.98. The molecule has 5 heteroatoms. The van der Waals surface area contributed by atoms with Gasteiger partial charge in [0, 0.05) is 34.9 Å². The molecule has 0 spiro atoms. The molecule has 3 aromatic rings. The number of anilines is 1. The Labute approximate surface area is 132 Å². The maximum atomic E-state index is 12.4. The minimum absolute atomic E-state index is 0.120. The van der Waals surface area contributed by atoms with Crippen molar-refractivity contribution in [3.8, 4) is 5.69 Å². The van der Waals surface area contributed by atoms with Gasteiger partial charge in [0.15, 0.2) is 5.13 Å². The number of aromatic nitrogens is 2. The highest BCUT2D eigenvalue weighted by Crippen LogP contribution is 2.40. The van der Waals surface area contributed by atoms with Crippen LogP contribution in [0.2, 0.25) is 0 Å². The van der Waals surface area contributed by atoms with Crippen molar-refractivity contribution in [2.75, 3.05) is 5.32 Å². The standard InChI is InChI=1S/C17H15N3OS/c21-16(19-17-18-15(11-22-17)12-6-7-12)13-4-3-5-14(10-13)20-8-1-2-9-20/h1-5,8-12H,6-7H2,(H,18,19,21). The molecule has 0 bridgehead atoms. The normalized spacial score (nSPS) is 14.0. The first kappa shape index (κ1) is 13.3. The van der Waals surface area contributed by atoms with E-state index in [1.807, 2.05) is 58.7 Å². The van der Waals surface area contributed by atoms with E-state index in [0.29, 0.717) is 16.6 Å². The highest BCUT2D eigenvalue weighted by molar-refractivity contribution is 7.14. The topological polar surface area (TPSA) is 46.9 Å². The van der Waals surface area contributed by atoms with Crippen LogP contribution in [0.3, 0.4) is 0 Å². The molecule has 1 fully saturated rings. The lowest BCUT2D eigenvalue weighted by atomic mass is 10.2. The van der Waals surface area contributed by atoms with Crippen LogP contribution in [0.15, 0.2) is 54.2 Å². The lowest BCUT2D eigenvalue weighted by Gasteiger charge is -2.06. The number of hydrogen-bond acceptors (Lipinski definition) is 3. The first-order valence-corrected chi connectivity index (χ1v) is 8.18. The van der Waals surface area contributed by atoms with Gasteiger partial charge in [-0.3, -0.25) is 10.1 Å². The Hall–Kier alpha value is -2.40. The number of thiazole rings is 1. The van der Waals surface area contributed by atoms with Crippen molar-refractivity contribution < 1.29 is 4.79 Å². The SMILES string of the molecule is O=C(Nc1nc(C2CC2)cs1)c1cccc(-n2cccc2)c1. The Bertz CT molecular complexity index is 803. The average molecular weight is 309 g/mol. The predicted octanol–water partition coefficient (Wildman–Crippen LogP) is 4.06. The summed E-state index contributed by atoms with van der Waals surface area (Å²) in [6.45, 7) is 0. The third-order valence-electron chi connectivity index (χ3n) is 3.75. The van der Waals surface area contributed by atoms with Gasteiger partial charge in [0.05, 0.1) is 5.69 Å². The van der Waals surface area contributed by atoms with Gasteiger partial charge in [0.2, 0.25) is 0 Å². The lowest BCUT2D eigenvalue weighted by molar-refractivity contribution is 0.102. The predicted molar refractivity (Wildman–Crippen MR) is 87.8 cm³/mol. The van der Waals surface area contributed by atoms with Crippen molar-refractivity contribution in [2.45, 2.75) is 18.8 Å². The summed E-state index contributed by atoms with van der Waals surface area (Å²) >= 11 is 1.49. The van der Waals surface area contributed by atoms with Crippen LogP contribution in [0.1, 0.15) is 34.8 Å². The summed E-state index contributed by atoms with van der Waals surface area (Å²) in [6.07, 6.45) is 6.35. The molecular formula is C17H15N3OS. The molecule has 0 saturated heterocycles. The van der Waals surface area contributed by atoms with E-state index in [0.717, 1.165) is 11.4 Å². The quantitative estimate of drug-likeness (QED) is 0.790. The molecule has 110 valence electrons. The minimum Gasteiger partial charge on any atom is -0.324 e. The van der Waals surface area contributed by atoms with Gasteiger partial charge >= 0.3 is 0 Å². The van der Waals surface area contributed by atoms with Gasteiger partial charge in [-0.25, -0.2) is 4.98 Å². The molecule has 1 aromatic carbocycles. The Morgan fingerprint density at radius 1 is 1.23 bits per heavy atom. The van der Waals surface area contributed by atoms with Crippen molar-refractivity contribution in [3.63, 3.8) is 0 Å². The van der Waals surface area contributed by atoms with E-state index < -0.39 is 0 Å². The molecule has 2 aromatic heterocycles. The first-order chi connectivity index (χ1) is 10.8. The molecule has 22 heavy (non-hydrogen) atoms. The molecular weight excluding hydrogens is 294 g/mol. The average Bonchev–Trinajstić information content (AvgIpc) is 3.06. The van der Waals surface area contributed by atoms with E-state index in [1.54, 1.807) is 0 Å². The van der Waals surface area contributed by atoms with Crippen LogP contribution in [0.5, 0.6) is 0 Å². The number of carbonyl (C=O) groups is 1. The zero-order valence-corrected chi connectivity index (χ0v) is 12.7. The number of benzene rings is 1. The van der Waals surface area contributed by atoms with Crippen LogP contribution in [0, 0.1) is 0 Å². The van der Waals surface area contributed by atoms with E-state index in [2.05, 4.69) is 10.3 Å². The molecule has 2 heterocycles. The second-order valence-electron chi connectivity index (χ2n) is 5.45. The molecule has 0 radical (unpaired) electrons. The van der Waals surface area contributed by atoms with Gasteiger partial charge < -0.3 is 4.57 Å². The molecule has 1 saturated carbocycles. The second-order valence-corrected chi connectivity index (χ2v) is 6.30. The fourth-order valence-electron chi connectivity index (χ4n) is 2.39. The molecule has 1 aliphatic rings. The molecule has 0 unspecified atom stereocenters. The van der Waals surface area contributed by atoms with Gasteiger partial charge in [0.1, 0.15) is 0 Å². The molecule has 1 N–H and O–H groups in total. The summed E-state index contributed by atoms with van der Waals surface area (Å²) in [7, 11) is 0. The maximum Gasteiger partial charge on any atom is 0.257 e. The van der Waals surface area contributed by atoms with Gasteiger partial charge in [-0.15, -0.1) is 11.3 Å². The summed E-state index contributed by atoms with van der Waals surface area (Å²) in [5, 5.41) is 5.62. The first-order valence-electron chi connectivity index (χ1n) is 7.30. The van der Waals surface area contributed by atoms with E-state index in [1.165, 1.54) is 24.2 Å². The summed E-state index contributed by atoms with van der Waals surface area (Å²) in [6, 6.07) is 11.5. The van der Waals surface area contributed by atoms with Crippen LogP contribution in [-0.4, -0.2) is 15.5 Å². The highest BCUT2D eigenvalue weighted by Gasteiger charge is 2.26. The summed E-state index contributed by atoms with van der Waals surface area (Å²) in [5.74, 6) is 0.490. The Morgan fingerprint density at radius 3 is 2.82 bits per heavy atom. The van der Waals surface area contributed by atoms with Crippen molar-refractivity contribution in [2.24, 2.45) is 0 Å². The van der Waals surface area contributed by atoms with Crippen LogP contribution < -0.4 is 5.32 Å². The van der Waals surface area contributed by atoms with Crippen LogP contribution in [0.4, 0.5) is 5.13 Å². The smallest absolute Gasteiger partial charge is 0.257 e. The van der Waals surface area contributed by atoms with Crippen molar-refractivity contribution in [1.82, 2.24) is 9.55 Å². The van der Waals surface area contributed by atoms with Gasteiger partial charge in [-0.05, 0) is 43.2 Å². The van der Waals surface area contributed by atoms with Crippen molar-refractivity contribution in [1.29, 1.82) is 0 Å². The van der Waals surface area contributed by atoms with Gasteiger partial charge in [0.25, 0.3) is 5.91 Å². The monoisotopic (exact) mass is 309 g/mol. The zero-order valence-electron chi connectivity index (χ0n) is 11.9. The van der Waals surface area contributed by atoms with E-state index in [4.69, 9.17) is 0 Å². The van der Waals surface area contributed by atoms with Crippen LogP contribution in [0.25, 0.3) is 5.69 Å². The number of nitrogens with one attached hydrogen (secondary N) is 1. The number of amides is 1. The Balaban J connectivity index is 1.53. The fourth-order valence-corrected chi connectivity index (χ4v) is 3.18. The molecule has 4 rings (SSSR count). The molecule has 0 atom stereocenters. The minimum atomic E-state index is -0.120. The second kappa shape index (κ2) is 5.42. The number of nitrogens with zero attached hydrogens (tertiary/aromatic N) is 2. The highest BCUT2D eigenvalue weighted by atomic mass is 32.1. The molecule has 1 aliphatic carbocycles. The van der Waals surface area contributed by atoms with Crippen molar-refractivity contribution >= 4 is 22.4 Å². The van der Waals surface area contributed by atoms with Gasteiger partial charge in [-0.1, -0.05) is 6.07 Å². The molecule has 1 amide bonds. The molecule has 4 nitrogen and oxygen atoms in total. The molecule has 0 aliphatic heterocycles. The van der Waals surface area contributed by atoms with E-state index in [9.17, 15) is 4.79 Å². The summed E-state index contributed by atoms with van der Waals surface area (Å²) in [5.41, 5.74) is 2.71. The number of hydrogen-bond donors (Lipinski definition) is 1. The largest absolute Gasteiger partial charge is 0.324 e. The third kappa shape index (κ3) is 2.67. The number of rotatable bonds is 4. The van der Waals surface area contributed by atoms with Crippen LogP contribution >= 0.6 is 11.3 Å². The van der Waals surface area contributed by atoms with Crippen molar-refractivity contribution in [3.05, 3.63) is 65.4 Å². The lowest BCUT2D eigenvalue weighted by Crippen LogP contribution is -2.12. The summed E-state index contributed by atoms with van der Waals surface area (Å²) in [4.78, 5) is 16.9. The van der Waals surface area contributed by atoms with Crippen LogP contribution in [-0.2, 0) is 0 Å². The Morgan fingerprint density at radius 2 is 2.05 bits per heavy atom. The zero-order chi connectivity index (χ0) is 14.9. The Kier molecular flexibility index (Phi) is 3.27. The van der Waals surface area contributed by atoms with E-state index in [-0.39, 0.29) is 5.91 Å².